The number of aromatic nitrogens is 5. The van der Waals surface area contributed by atoms with Gasteiger partial charge in [-0.15, -0.1) is 0 Å². The summed E-state index contributed by atoms with van der Waals surface area (Å²) < 4.78 is 9.21. The number of imidazole rings is 1. The molecular formula is C39H35N9O5. The van der Waals surface area contributed by atoms with Crippen LogP contribution in [0.1, 0.15) is 46.1 Å². The molecule has 14 nitrogen and oxygen atoms in total. The number of aryl methyl sites for hydroxylation is 3. The zero-order chi connectivity index (χ0) is 37.0. The van der Waals surface area contributed by atoms with E-state index in [1.54, 1.807) is 59.9 Å². The molecular weight excluding hydrogens is 674 g/mol. The number of nitrogens with one attached hydrogen (secondary N) is 2. The van der Waals surface area contributed by atoms with Crippen LogP contribution in [0.4, 0.5) is 17.2 Å². The first-order chi connectivity index (χ1) is 25.6. The van der Waals surface area contributed by atoms with Gasteiger partial charge in [0.25, 0.3) is 5.91 Å². The highest BCUT2D eigenvalue weighted by Crippen LogP contribution is 2.38. The molecule has 8 rings (SSSR count). The predicted molar refractivity (Wildman–Crippen MR) is 199 cm³/mol. The maximum Gasteiger partial charge on any atom is 0.328 e. The van der Waals surface area contributed by atoms with Crippen molar-refractivity contribution in [1.82, 2.24) is 34.7 Å². The Bertz CT molecular complexity index is 2610. The highest BCUT2D eigenvalue weighted by Gasteiger charge is 2.30. The monoisotopic (exact) mass is 709 g/mol. The van der Waals surface area contributed by atoms with E-state index < -0.39 is 5.92 Å². The lowest BCUT2D eigenvalue weighted by Gasteiger charge is -2.36. The number of fused-ring (bicyclic) bond motifs is 3. The SMILES string of the molecule is Cc1cc(N2CCN(C)c3nc(-c4ccc(C(=O)NCC#Cc5cc6c(C7CCC(=O)NC7=O)cccc6o5)nc4)ncc32)cc2c1n(C)c(=O)n2C. The minimum Gasteiger partial charge on any atom is -0.448 e. The number of hydrogen-bond acceptors (Lipinski definition) is 10. The Morgan fingerprint density at radius 1 is 1.02 bits per heavy atom. The Morgan fingerprint density at radius 3 is 2.66 bits per heavy atom. The summed E-state index contributed by atoms with van der Waals surface area (Å²) in [4.78, 5) is 67.8. The van der Waals surface area contributed by atoms with Crippen LogP contribution in [0, 0.1) is 18.8 Å². The first kappa shape index (κ1) is 33.4. The average Bonchev–Trinajstić information content (AvgIpc) is 3.68. The van der Waals surface area contributed by atoms with Gasteiger partial charge in [0.1, 0.15) is 17.0 Å². The lowest BCUT2D eigenvalue weighted by atomic mass is 9.88. The number of nitrogens with zero attached hydrogens (tertiary/aromatic N) is 7. The number of carbonyl (C=O) groups is 3. The number of likely N-dealkylation sites (N-methyl/N-ethyl adjacent to an activating group) is 1. The lowest BCUT2D eigenvalue weighted by molar-refractivity contribution is -0.134. The fourth-order valence-electron chi connectivity index (χ4n) is 7.18. The third-order valence-corrected chi connectivity index (χ3v) is 9.92. The number of piperidine rings is 1. The smallest absolute Gasteiger partial charge is 0.328 e. The molecule has 1 saturated heterocycles. The van der Waals surface area contributed by atoms with Crippen LogP contribution in [0.5, 0.6) is 0 Å². The molecule has 1 unspecified atom stereocenters. The number of anilines is 3. The van der Waals surface area contributed by atoms with Crippen LogP contribution in [0.15, 0.2) is 70.1 Å². The average molecular weight is 710 g/mol. The number of benzene rings is 2. The van der Waals surface area contributed by atoms with Gasteiger partial charge in [-0.2, -0.15) is 0 Å². The van der Waals surface area contributed by atoms with E-state index in [-0.39, 0.29) is 42.1 Å². The van der Waals surface area contributed by atoms with Gasteiger partial charge >= 0.3 is 5.69 Å². The second kappa shape index (κ2) is 13.1. The van der Waals surface area contributed by atoms with Crippen molar-refractivity contribution in [3.05, 3.63) is 94.0 Å². The number of amides is 3. The van der Waals surface area contributed by atoms with Crippen molar-refractivity contribution >= 4 is 56.9 Å². The summed E-state index contributed by atoms with van der Waals surface area (Å²) in [5.74, 6) is 6.07. The summed E-state index contributed by atoms with van der Waals surface area (Å²) in [6.45, 7) is 3.52. The number of furan rings is 1. The number of imide groups is 1. The van der Waals surface area contributed by atoms with Gasteiger partial charge in [-0.1, -0.05) is 18.1 Å². The van der Waals surface area contributed by atoms with Gasteiger partial charge in [0, 0.05) is 69.6 Å². The Hall–Kier alpha value is -6.75. The van der Waals surface area contributed by atoms with Crippen molar-refractivity contribution in [3.63, 3.8) is 0 Å². The summed E-state index contributed by atoms with van der Waals surface area (Å²) in [6, 6.07) is 14.7. The molecule has 1 fully saturated rings. The predicted octanol–water partition coefficient (Wildman–Crippen LogP) is 3.67. The Labute approximate surface area is 303 Å². The largest absolute Gasteiger partial charge is 0.448 e. The number of hydrogen-bond donors (Lipinski definition) is 2. The number of pyridine rings is 1. The van der Waals surface area contributed by atoms with Crippen LogP contribution in [-0.2, 0) is 23.7 Å². The fraction of sp³-hybridized carbons (Fsp3) is 0.256. The zero-order valence-corrected chi connectivity index (χ0v) is 29.6. The van der Waals surface area contributed by atoms with Crippen LogP contribution in [-0.4, -0.2) is 68.5 Å². The third kappa shape index (κ3) is 5.95. The molecule has 0 saturated carbocycles. The summed E-state index contributed by atoms with van der Waals surface area (Å²) in [5.41, 5.74) is 6.77. The molecule has 2 aliphatic heterocycles. The molecule has 0 radical (unpaired) electrons. The van der Waals surface area contributed by atoms with Crippen molar-refractivity contribution in [2.24, 2.45) is 14.1 Å². The van der Waals surface area contributed by atoms with Gasteiger partial charge in [0.2, 0.25) is 11.8 Å². The molecule has 0 aliphatic carbocycles. The Morgan fingerprint density at radius 2 is 1.87 bits per heavy atom. The van der Waals surface area contributed by atoms with Gasteiger partial charge < -0.3 is 19.5 Å². The molecule has 14 heteroatoms. The second-order valence-electron chi connectivity index (χ2n) is 13.3. The molecule has 6 heterocycles. The van der Waals surface area contributed by atoms with Crippen LogP contribution in [0.25, 0.3) is 33.4 Å². The van der Waals surface area contributed by atoms with Crippen molar-refractivity contribution in [3.8, 4) is 23.2 Å². The summed E-state index contributed by atoms with van der Waals surface area (Å²) in [7, 11) is 5.56. The molecule has 266 valence electrons. The van der Waals surface area contributed by atoms with E-state index in [1.807, 2.05) is 32.2 Å². The maximum atomic E-state index is 12.9. The molecule has 1 atom stereocenters. The minimum atomic E-state index is -0.441. The highest BCUT2D eigenvalue weighted by atomic mass is 16.3. The highest BCUT2D eigenvalue weighted by molar-refractivity contribution is 6.03. The van der Waals surface area contributed by atoms with Gasteiger partial charge in [0.05, 0.1) is 29.7 Å². The van der Waals surface area contributed by atoms with E-state index in [0.717, 1.165) is 57.8 Å². The topological polar surface area (TPSA) is 160 Å². The van der Waals surface area contributed by atoms with Crippen LogP contribution >= 0.6 is 0 Å². The summed E-state index contributed by atoms with van der Waals surface area (Å²) in [6.07, 6.45) is 4.09. The molecule has 2 aliphatic rings. The van der Waals surface area contributed by atoms with Gasteiger partial charge in [-0.05, 0) is 60.7 Å². The molecule has 3 amide bonds. The molecule has 2 aromatic carbocycles. The number of carbonyl (C=O) groups excluding carboxylic acids is 3. The van der Waals surface area contributed by atoms with E-state index in [0.29, 0.717) is 29.2 Å². The van der Waals surface area contributed by atoms with Crippen molar-refractivity contribution in [1.29, 1.82) is 0 Å². The first-order valence-electron chi connectivity index (χ1n) is 17.2. The lowest BCUT2D eigenvalue weighted by Crippen LogP contribution is -2.39. The molecule has 53 heavy (non-hydrogen) atoms. The standard InChI is InChI=1S/C39H35N9O5/c1-22-17-24(18-30-34(22)47(4)39(52)46(30)3)48-16-15-45(2)36-31(48)21-42-35(44-36)23-10-12-29(41-20-23)38(51)40-14-6-7-25-19-28-26(8-5-9-32(28)53-25)27-11-13-33(49)43-37(27)50/h5,8-10,12,17-21,27H,11,13-16H2,1-4H3,(H,40,51)(H,43,49,50). The van der Waals surface area contributed by atoms with Crippen molar-refractivity contribution in [2.45, 2.75) is 25.7 Å². The van der Waals surface area contributed by atoms with Crippen LogP contribution < -0.4 is 26.1 Å². The quantitative estimate of drug-likeness (QED) is 0.200. The van der Waals surface area contributed by atoms with Gasteiger partial charge in [-0.3, -0.25) is 33.8 Å². The Kier molecular flexibility index (Phi) is 8.25. The van der Waals surface area contributed by atoms with Crippen LogP contribution in [0.2, 0.25) is 0 Å². The molecule has 0 spiro atoms. The van der Waals surface area contributed by atoms with Gasteiger partial charge in [-0.25, -0.2) is 14.8 Å². The van der Waals surface area contributed by atoms with Crippen LogP contribution in [0.3, 0.4) is 0 Å². The van der Waals surface area contributed by atoms with E-state index >= 15 is 0 Å². The van der Waals surface area contributed by atoms with Gasteiger partial charge in [0.15, 0.2) is 17.4 Å². The normalized spacial score (nSPS) is 15.7. The van der Waals surface area contributed by atoms with E-state index in [1.165, 1.54) is 0 Å². The maximum absolute atomic E-state index is 12.9. The summed E-state index contributed by atoms with van der Waals surface area (Å²) in [5, 5.41) is 5.93. The zero-order valence-electron chi connectivity index (χ0n) is 29.6. The third-order valence-electron chi connectivity index (χ3n) is 9.92. The number of rotatable bonds is 5. The molecule has 4 aromatic heterocycles. The first-order valence-corrected chi connectivity index (χ1v) is 17.2. The molecule has 6 aromatic rings. The Balaban J connectivity index is 0.949. The van der Waals surface area contributed by atoms with E-state index in [9.17, 15) is 19.2 Å². The van der Waals surface area contributed by atoms with E-state index in [4.69, 9.17) is 9.40 Å². The second-order valence-corrected chi connectivity index (χ2v) is 13.3. The van der Waals surface area contributed by atoms with Crippen molar-refractivity contribution < 1.29 is 18.8 Å². The van der Waals surface area contributed by atoms with Crippen molar-refractivity contribution in [2.75, 3.05) is 36.5 Å². The molecule has 2 N–H and O–H groups in total. The fourth-order valence-corrected chi connectivity index (χ4v) is 7.18. The summed E-state index contributed by atoms with van der Waals surface area (Å²) >= 11 is 0. The molecule has 0 bridgehead atoms. The minimum absolute atomic E-state index is 0.0586. The van der Waals surface area contributed by atoms with E-state index in [2.05, 4.69) is 48.3 Å².